The third-order valence-corrected chi connectivity index (χ3v) is 3.40. The fraction of sp³-hybridized carbons (Fsp3) is 0.273. The average molecular weight is 315 g/mol. The Balaban J connectivity index is 2.65. The van der Waals surface area contributed by atoms with Gasteiger partial charge >= 0.3 is 5.97 Å². The first-order chi connectivity index (χ1) is 8.04. The maximum atomic E-state index is 11.6. The number of ether oxygens (including phenoxy) is 1. The molecule has 17 heavy (non-hydrogen) atoms. The minimum Gasteiger partial charge on any atom is -0.467 e. The third kappa shape index (κ3) is 2.14. The molecule has 0 bridgehead atoms. The number of hydrogen-bond donors (Lipinski definition) is 1. The number of H-pyrrole nitrogens is 1. The number of aromatic nitrogens is 2. The lowest BCUT2D eigenvalue weighted by atomic mass is 10.3. The van der Waals surface area contributed by atoms with Crippen molar-refractivity contribution in [3.8, 4) is 0 Å². The molecule has 1 heterocycles. The quantitative estimate of drug-likeness (QED) is 0.684. The van der Waals surface area contributed by atoms with Crippen LogP contribution in [-0.4, -0.2) is 22.6 Å². The van der Waals surface area contributed by atoms with Crippen LogP contribution >= 0.6 is 28.1 Å². The number of carbonyl (C=O) groups excluding carboxylic acids is 1. The summed E-state index contributed by atoms with van der Waals surface area (Å²) in [5, 5.41) is 0. The molecular weight excluding hydrogens is 304 g/mol. The van der Waals surface area contributed by atoms with Crippen molar-refractivity contribution in [2.24, 2.45) is 0 Å². The number of benzene rings is 1. The van der Waals surface area contributed by atoms with Crippen molar-refractivity contribution >= 4 is 45.2 Å². The summed E-state index contributed by atoms with van der Waals surface area (Å²) in [4.78, 5) is 14.6. The van der Waals surface area contributed by atoms with E-state index in [-0.39, 0.29) is 5.97 Å². The van der Waals surface area contributed by atoms with Gasteiger partial charge in [0.2, 0.25) is 0 Å². The van der Waals surface area contributed by atoms with Crippen LogP contribution in [0.1, 0.15) is 13.0 Å². The zero-order chi connectivity index (χ0) is 12.6. The molecule has 1 aromatic carbocycles. The zero-order valence-corrected chi connectivity index (χ0v) is 11.8. The van der Waals surface area contributed by atoms with Gasteiger partial charge in [-0.2, -0.15) is 0 Å². The van der Waals surface area contributed by atoms with Gasteiger partial charge in [-0.25, -0.2) is 4.79 Å². The SMILES string of the molecule is COC(=O)C(C)n1c(=S)[nH]c2cc(Br)ccc21. The van der Waals surface area contributed by atoms with E-state index < -0.39 is 6.04 Å². The van der Waals surface area contributed by atoms with Crippen molar-refractivity contribution < 1.29 is 9.53 Å². The molecule has 0 saturated carbocycles. The molecule has 2 rings (SSSR count). The number of aromatic amines is 1. The van der Waals surface area contributed by atoms with E-state index in [2.05, 4.69) is 20.9 Å². The molecule has 6 heteroatoms. The van der Waals surface area contributed by atoms with Crippen LogP contribution in [0.25, 0.3) is 11.0 Å². The number of halogens is 1. The molecule has 1 unspecified atom stereocenters. The van der Waals surface area contributed by atoms with Crippen molar-refractivity contribution in [3.63, 3.8) is 0 Å². The number of fused-ring (bicyclic) bond motifs is 1. The van der Waals surface area contributed by atoms with Gasteiger partial charge in [-0.15, -0.1) is 0 Å². The molecule has 1 atom stereocenters. The minimum absolute atomic E-state index is 0.315. The van der Waals surface area contributed by atoms with Crippen LogP contribution in [0.2, 0.25) is 0 Å². The molecule has 0 saturated heterocycles. The van der Waals surface area contributed by atoms with Crippen molar-refractivity contribution in [1.29, 1.82) is 0 Å². The summed E-state index contributed by atoms with van der Waals surface area (Å²) in [6.45, 7) is 1.76. The Hall–Kier alpha value is -1.14. The summed E-state index contributed by atoms with van der Waals surface area (Å²) in [7, 11) is 1.37. The molecule has 0 amide bonds. The Morgan fingerprint density at radius 1 is 1.59 bits per heavy atom. The standard InChI is InChI=1S/C11H11BrN2O2S/c1-6(10(15)16-2)14-9-4-3-7(12)5-8(9)13-11(14)17/h3-6H,1-2H3,(H,13,17). The molecule has 4 nitrogen and oxygen atoms in total. The number of rotatable bonds is 2. The van der Waals surface area contributed by atoms with Crippen LogP contribution in [0.5, 0.6) is 0 Å². The van der Waals surface area contributed by atoms with Crippen LogP contribution in [-0.2, 0) is 9.53 Å². The number of nitrogens with one attached hydrogen (secondary N) is 1. The van der Waals surface area contributed by atoms with E-state index in [0.717, 1.165) is 15.5 Å². The monoisotopic (exact) mass is 314 g/mol. The minimum atomic E-state index is -0.442. The first-order valence-electron chi connectivity index (χ1n) is 5.02. The lowest BCUT2D eigenvalue weighted by Crippen LogP contribution is -2.17. The maximum absolute atomic E-state index is 11.6. The number of hydrogen-bond acceptors (Lipinski definition) is 3. The summed E-state index contributed by atoms with van der Waals surface area (Å²) >= 11 is 8.61. The van der Waals surface area contributed by atoms with Gasteiger partial charge in [0.05, 0.1) is 18.1 Å². The second-order valence-corrected chi connectivity index (χ2v) is 4.96. The Labute approximate surface area is 112 Å². The highest BCUT2D eigenvalue weighted by molar-refractivity contribution is 9.10. The molecule has 0 spiro atoms. The number of carbonyl (C=O) groups is 1. The summed E-state index contributed by atoms with van der Waals surface area (Å²) in [5.74, 6) is -0.315. The topological polar surface area (TPSA) is 47.0 Å². The molecule has 1 N–H and O–H groups in total. The first kappa shape index (κ1) is 12.3. The van der Waals surface area contributed by atoms with Gasteiger partial charge in [-0.3, -0.25) is 0 Å². The van der Waals surface area contributed by atoms with Crippen LogP contribution in [0.3, 0.4) is 0 Å². The second-order valence-electron chi connectivity index (χ2n) is 3.66. The highest BCUT2D eigenvalue weighted by Gasteiger charge is 2.18. The van der Waals surface area contributed by atoms with Crippen LogP contribution < -0.4 is 0 Å². The highest BCUT2D eigenvalue weighted by atomic mass is 79.9. The van der Waals surface area contributed by atoms with E-state index in [9.17, 15) is 4.79 Å². The lowest BCUT2D eigenvalue weighted by Gasteiger charge is -2.11. The molecule has 0 aliphatic heterocycles. The fourth-order valence-electron chi connectivity index (χ4n) is 1.76. The van der Waals surface area contributed by atoms with Gasteiger partial charge in [0.15, 0.2) is 4.77 Å². The summed E-state index contributed by atoms with van der Waals surface area (Å²) < 4.78 is 7.95. The molecule has 1 aromatic heterocycles. The lowest BCUT2D eigenvalue weighted by molar-refractivity contribution is -0.143. The average Bonchev–Trinajstić information content (AvgIpc) is 2.62. The number of nitrogens with zero attached hydrogens (tertiary/aromatic N) is 1. The van der Waals surface area contributed by atoms with E-state index in [1.807, 2.05) is 18.2 Å². The summed E-state index contributed by atoms with van der Waals surface area (Å²) in [6, 6.07) is 5.30. The molecule has 0 radical (unpaired) electrons. The van der Waals surface area contributed by atoms with Crippen molar-refractivity contribution in [2.75, 3.05) is 7.11 Å². The molecule has 90 valence electrons. The maximum Gasteiger partial charge on any atom is 0.328 e. The van der Waals surface area contributed by atoms with Crippen molar-refractivity contribution in [1.82, 2.24) is 9.55 Å². The first-order valence-corrected chi connectivity index (χ1v) is 6.22. The van der Waals surface area contributed by atoms with E-state index in [1.54, 1.807) is 11.5 Å². The van der Waals surface area contributed by atoms with Gasteiger partial charge in [-0.1, -0.05) is 15.9 Å². The summed E-state index contributed by atoms with van der Waals surface area (Å²) in [6.07, 6.45) is 0. The predicted molar refractivity (Wildman–Crippen MR) is 71.5 cm³/mol. The van der Waals surface area contributed by atoms with Crippen LogP contribution in [0.4, 0.5) is 0 Å². The molecule has 0 aliphatic rings. The van der Waals surface area contributed by atoms with Gasteiger partial charge < -0.3 is 14.3 Å². The molecule has 0 fully saturated rings. The van der Waals surface area contributed by atoms with Crippen molar-refractivity contribution in [2.45, 2.75) is 13.0 Å². The number of imidazole rings is 1. The predicted octanol–water partition coefficient (Wildman–Crippen LogP) is 3.20. The zero-order valence-electron chi connectivity index (χ0n) is 9.36. The number of esters is 1. The third-order valence-electron chi connectivity index (χ3n) is 2.61. The Kier molecular flexibility index (Phi) is 3.35. The van der Waals surface area contributed by atoms with E-state index in [4.69, 9.17) is 17.0 Å². The molecule has 0 aliphatic carbocycles. The van der Waals surface area contributed by atoms with Crippen LogP contribution in [0.15, 0.2) is 22.7 Å². The Bertz CT molecular complexity index is 632. The second kappa shape index (κ2) is 4.62. The largest absolute Gasteiger partial charge is 0.467 e. The van der Waals surface area contributed by atoms with E-state index in [1.165, 1.54) is 7.11 Å². The Morgan fingerprint density at radius 3 is 2.94 bits per heavy atom. The molecular formula is C11H11BrN2O2S. The van der Waals surface area contributed by atoms with Gasteiger partial charge in [0, 0.05) is 4.47 Å². The van der Waals surface area contributed by atoms with Crippen molar-refractivity contribution in [3.05, 3.63) is 27.4 Å². The molecule has 2 aromatic rings. The van der Waals surface area contributed by atoms with Gasteiger partial charge in [-0.05, 0) is 37.3 Å². The fourth-order valence-corrected chi connectivity index (χ4v) is 2.49. The van der Waals surface area contributed by atoms with Crippen LogP contribution in [0, 0.1) is 4.77 Å². The normalized spacial score (nSPS) is 12.6. The smallest absolute Gasteiger partial charge is 0.328 e. The van der Waals surface area contributed by atoms with E-state index in [0.29, 0.717) is 4.77 Å². The summed E-state index contributed by atoms with van der Waals surface area (Å²) in [5.41, 5.74) is 1.77. The van der Waals surface area contributed by atoms with E-state index >= 15 is 0 Å². The highest BCUT2D eigenvalue weighted by Crippen LogP contribution is 2.23. The van der Waals surface area contributed by atoms with Gasteiger partial charge in [0.25, 0.3) is 0 Å². The Morgan fingerprint density at radius 2 is 2.29 bits per heavy atom. The van der Waals surface area contributed by atoms with Gasteiger partial charge in [0.1, 0.15) is 6.04 Å². The number of methoxy groups -OCH3 is 1.